The zero-order valence-corrected chi connectivity index (χ0v) is 16.0. The van der Waals surface area contributed by atoms with Gasteiger partial charge >= 0.3 is 0 Å². The largest absolute Gasteiger partial charge is 0.305 e. The van der Waals surface area contributed by atoms with Gasteiger partial charge in [-0.15, -0.1) is 0 Å². The Hall–Kier alpha value is -0.120. The summed E-state index contributed by atoms with van der Waals surface area (Å²) in [5, 5.41) is 0. The molecule has 5 rings (SSSR count). The zero-order valence-electron chi connectivity index (χ0n) is 16.0. The molecule has 24 heavy (non-hydrogen) atoms. The van der Waals surface area contributed by atoms with Crippen molar-refractivity contribution in [3.05, 3.63) is 0 Å². The third-order valence-electron chi connectivity index (χ3n) is 8.44. The second-order valence-corrected chi connectivity index (χ2v) is 10.6. The smallest absolute Gasteiger partial charge is 0.00961 e. The summed E-state index contributed by atoms with van der Waals surface area (Å²) < 4.78 is 0. The van der Waals surface area contributed by atoms with E-state index < -0.39 is 0 Å². The average Bonchev–Trinajstić information content (AvgIpc) is 2.50. The lowest BCUT2D eigenvalue weighted by molar-refractivity contribution is -0.100. The molecular formula is C21H37N3. The summed E-state index contributed by atoms with van der Waals surface area (Å²) in [5.74, 6) is 0.963. The van der Waals surface area contributed by atoms with Crippen molar-refractivity contribution in [2.45, 2.75) is 70.4 Å². The van der Waals surface area contributed by atoms with Crippen LogP contribution < -0.4 is 0 Å². The van der Waals surface area contributed by atoms with Gasteiger partial charge in [0.1, 0.15) is 0 Å². The molecule has 0 amide bonds. The molecule has 3 heterocycles. The van der Waals surface area contributed by atoms with E-state index in [0.717, 1.165) is 28.8 Å². The highest BCUT2D eigenvalue weighted by Crippen LogP contribution is 2.50. The molecule has 0 radical (unpaired) electrons. The number of hydrogen-bond acceptors (Lipinski definition) is 3. The van der Waals surface area contributed by atoms with Gasteiger partial charge in [-0.1, -0.05) is 6.92 Å². The van der Waals surface area contributed by atoms with Crippen LogP contribution in [-0.2, 0) is 0 Å². The van der Waals surface area contributed by atoms with Crippen LogP contribution in [0.5, 0.6) is 0 Å². The van der Waals surface area contributed by atoms with E-state index in [9.17, 15) is 0 Å². The predicted molar refractivity (Wildman–Crippen MR) is 99.2 cm³/mol. The van der Waals surface area contributed by atoms with E-state index in [1.807, 2.05) is 0 Å². The van der Waals surface area contributed by atoms with Gasteiger partial charge in [-0.2, -0.15) is 0 Å². The lowest BCUT2D eigenvalue weighted by atomic mass is 9.63. The molecular weight excluding hydrogens is 294 g/mol. The van der Waals surface area contributed by atoms with Crippen LogP contribution >= 0.6 is 0 Å². The third kappa shape index (κ3) is 2.66. The Morgan fingerprint density at radius 3 is 1.58 bits per heavy atom. The van der Waals surface area contributed by atoms with Crippen molar-refractivity contribution in [3.8, 4) is 0 Å². The number of likely N-dealkylation sites (tertiary alicyclic amines) is 3. The molecule has 2 saturated carbocycles. The highest BCUT2D eigenvalue weighted by Gasteiger charge is 2.50. The summed E-state index contributed by atoms with van der Waals surface area (Å²) in [6, 6.07) is 1.87. The van der Waals surface area contributed by atoms with Crippen LogP contribution in [0.25, 0.3) is 0 Å². The monoisotopic (exact) mass is 331 g/mol. The van der Waals surface area contributed by atoms with Gasteiger partial charge in [-0.25, -0.2) is 0 Å². The third-order valence-corrected chi connectivity index (χ3v) is 8.44. The van der Waals surface area contributed by atoms with Gasteiger partial charge in [0, 0.05) is 51.4 Å². The topological polar surface area (TPSA) is 9.72 Å². The molecule has 2 spiro atoms. The van der Waals surface area contributed by atoms with Crippen molar-refractivity contribution in [1.29, 1.82) is 0 Å². The van der Waals surface area contributed by atoms with Gasteiger partial charge in [0.15, 0.2) is 0 Å². The van der Waals surface area contributed by atoms with E-state index >= 15 is 0 Å². The number of hydrogen-bond donors (Lipinski definition) is 0. The van der Waals surface area contributed by atoms with Crippen molar-refractivity contribution in [1.82, 2.24) is 14.7 Å². The maximum Gasteiger partial charge on any atom is 0.00961 e. The molecule has 0 N–H and O–H groups in total. The molecule has 0 aromatic rings. The van der Waals surface area contributed by atoms with Gasteiger partial charge in [-0.3, -0.25) is 9.80 Å². The van der Waals surface area contributed by atoms with Crippen molar-refractivity contribution in [3.63, 3.8) is 0 Å². The van der Waals surface area contributed by atoms with Gasteiger partial charge in [-0.05, 0) is 75.2 Å². The van der Waals surface area contributed by atoms with Gasteiger partial charge in [0.2, 0.25) is 0 Å². The van der Waals surface area contributed by atoms with Crippen LogP contribution in [0.15, 0.2) is 0 Å². The lowest BCUT2D eigenvalue weighted by Crippen LogP contribution is -2.64. The second kappa shape index (κ2) is 5.69. The van der Waals surface area contributed by atoms with Crippen LogP contribution in [0.1, 0.15) is 58.3 Å². The Balaban J connectivity index is 1.07. The van der Waals surface area contributed by atoms with E-state index in [0.29, 0.717) is 0 Å². The van der Waals surface area contributed by atoms with Crippen molar-refractivity contribution in [2.24, 2.45) is 16.7 Å². The summed E-state index contributed by atoms with van der Waals surface area (Å²) in [6.07, 6.45) is 12.0. The number of nitrogens with zero attached hydrogens (tertiary/aromatic N) is 3. The normalized spacial score (nSPS) is 38.0. The summed E-state index contributed by atoms with van der Waals surface area (Å²) in [7, 11) is 2.29. The molecule has 0 unspecified atom stereocenters. The first kappa shape index (κ1) is 16.1. The fraction of sp³-hybridized carbons (Fsp3) is 1.00. The van der Waals surface area contributed by atoms with Crippen molar-refractivity contribution < 1.29 is 0 Å². The van der Waals surface area contributed by atoms with E-state index in [1.165, 1.54) is 90.6 Å². The van der Waals surface area contributed by atoms with E-state index in [2.05, 4.69) is 28.7 Å². The highest BCUT2D eigenvalue weighted by molar-refractivity contribution is 5.04. The maximum absolute atomic E-state index is 2.88. The average molecular weight is 332 g/mol. The quantitative estimate of drug-likeness (QED) is 0.770. The summed E-state index contributed by atoms with van der Waals surface area (Å²) in [4.78, 5) is 8.15. The van der Waals surface area contributed by atoms with Crippen LogP contribution in [0.3, 0.4) is 0 Å². The van der Waals surface area contributed by atoms with E-state index in [4.69, 9.17) is 0 Å². The molecule has 0 bridgehead atoms. The van der Waals surface area contributed by atoms with Gasteiger partial charge < -0.3 is 4.90 Å². The minimum Gasteiger partial charge on any atom is -0.305 e. The molecule has 3 aliphatic heterocycles. The summed E-state index contributed by atoms with van der Waals surface area (Å²) >= 11 is 0. The van der Waals surface area contributed by atoms with Crippen molar-refractivity contribution in [2.75, 3.05) is 46.3 Å². The maximum atomic E-state index is 2.88. The Bertz CT molecular complexity index is 451. The van der Waals surface area contributed by atoms with E-state index in [-0.39, 0.29) is 0 Å². The molecule has 5 aliphatic rings. The molecule has 136 valence electrons. The first-order valence-electron chi connectivity index (χ1n) is 10.7. The standard InChI is InChI=1S/C21H37N3/c1-17-11-23(12-17)18-3-9-21(10-4-18)15-24(16-21)19-5-7-20(8-6-19)13-22(2)14-20/h17-19H,3-16H2,1-2H3. The van der Waals surface area contributed by atoms with Gasteiger partial charge in [0.25, 0.3) is 0 Å². The minimum atomic E-state index is 0.735. The Morgan fingerprint density at radius 2 is 1.12 bits per heavy atom. The van der Waals surface area contributed by atoms with Gasteiger partial charge in [0.05, 0.1) is 0 Å². The molecule has 3 heteroatoms. The Morgan fingerprint density at radius 1 is 0.667 bits per heavy atom. The summed E-state index contributed by atoms with van der Waals surface area (Å²) in [6.45, 7) is 10.8. The minimum absolute atomic E-state index is 0.735. The molecule has 3 saturated heterocycles. The fourth-order valence-electron chi connectivity index (χ4n) is 7.01. The first-order valence-corrected chi connectivity index (χ1v) is 10.7. The Kier molecular flexibility index (Phi) is 3.81. The molecule has 0 aromatic heterocycles. The van der Waals surface area contributed by atoms with Crippen LogP contribution in [0.2, 0.25) is 0 Å². The first-order chi connectivity index (χ1) is 11.5. The lowest BCUT2D eigenvalue weighted by Gasteiger charge is -2.60. The highest BCUT2D eigenvalue weighted by atomic mass is 15.3. The zero-order chi connectivity index (χ0) is 16.4. The summed E-state index contributed by atoms with van der Waals surface area (Å²) in [5.41, 5.74) is 1.47. The fourth-order valence-corrected chi connectivity index (χ4v) is 7.01. The van der Waals surface area contributed by atoms with Crippen LogP contribution in [-0.4, -0.2) is 73.1 Å². The van der Waals surface area contributed by atoms with Crippen molar-refractivity contribution >= 4 is 0 Å². The number of rotatable bonds is 2. The van der Waals surface area contributed by atoms with E-state index in [1.54, 1.807) is 0 Å². The molecule has 2 aliphatic carbocycles. The predicted octanol–water partition coefficient (Wildman–Crippen LogP) is 3.06. The second-order valence-electron chi connectivity index (χ2n) is 10.6. The molecule has 0 aromatic carbocycles. The molecule has 5 fully saturated rings. The van der Waals surface area contributed by atoms with Crippen LogP contribution in [0, 0.1) is 16.7 Å². The molecule has 3 nitrogen and oxygen atoms in total. The van der Waals surface area contributed by atoms with Crippen LogP contribution in [0.4, 0.5) is 0 Å². The Labute approximate surface area is 148 Å². The molecule has 0 atom stereocenters. The SMILES string of the molecule is CC1CN(C2CCC3(CC2)CN(C2CCC4(CC2)CN(C)C4)C3)C1.